The van der Waals surface area contributed by atoms with E-state index >= 15 is 0 Å². The van der Waals surface area contributed by atoms with E-state index in [1.54, 1.807) is 0 Å². The lowest BCUT2D eigenvalue weighted by Gasteiger charge is -2.40. The van der Waals surface area contributed by atoms with Gasteiger partial charge in [-0.1, -0.05) is 19.4 Å². The van der Waals surface area contributed by atoms with Crippen LogP contribution in [0.2, 0.25) is 0 Å². The van der Waals surface area contributed by atoms with Crippen LogP contribution in [-0.2, 0) is 15.8 Å². The molecule has 17 heteroatoms. The molecule has 3 rings (SSSR count). The molecule has 1 aromatic carbocycles. The molecule has 33 heavy (non-hydrogen) atoms. The lowest BCUT2D eigenvalue weighted by atomic mass is 10.1. The number of nitrogens with one attached hydrogen (secondary N) is 2. The van der Waals surface area contributed by atoms with Crippen LogP contribution in [0.25, 0.3) is 17.6 Å². The van der Waals surface area contributed by atoms with Gasteiger partial charge in [0, 0.05) is 17.8 Å². The second-order valence-corrected chi connectivity index (χ2v) is 9.46. The number of hydrogen-bond donors (Lipinski definition) is 3. The van der Waals surface area contributed by atoms with Crippen molar-refractivity contribution in [1.29, 1.82) is 0 Å². The average Bonchev–Trinajstić information content (AvgIpc) is 3.24. The molecule has 0 radical (unpaired) electrons. The van der Waals surface area contributed by atoms with Crippen LogP contribution in [0.1, 0.15) is 18.4 Å². The predicted octanol–water partition coefficient (Wildman–Crippen LogP) is 3.76. The number of amides is 2. The summed E-state index contributed by atoms with van der Waals surface area (Å²) in [5, 5.41) is 13.0. The van der Waals surface area contributed by atoms with Crippen molar-refractivity contribution in [3.63, 3.8) is 0 Å². The number of aliphatic hydroxyl groups is 1. The van der Waals surface area contributed by atoms with E-state index in [9.17, 15) is 47.3 Å². The highest BCUT2D eigenvalue weighted by Crippen LogP contribution is 3.02. The first kappa shape index (κ1) is 24.4. The Kier molecular flexibility index (Phi) is 5.10. The first-order valence-electron chi connectivity index (χ1n) is 8.66. The summed E-state index contributed by atoms with van der Waals surface area (Å²) in [6.45, 7) is 0. The van der Waals surface area contributed by atoms with E-state index in [1.165, 1.54) is 0 Å². The molecule has 182 valence electrons. The smallest absolute Gasteiger partial charge is 0.380 e. The highest BCUT2D eigenvalue weighted by molar-refractivity contribution is 8.45. The minimum atomic E-state index is -10.5. The molecular formula is C16H13F8N5O3S. The van der Waals surface area contributed by atoms with Crippen LogP contribution in [0.5, 0.6) is 0 Å². The number of carbonyl (C=O) groups excluding carboxylic acids is 2. The number of aromatic nitrogens is 3. The van der Waals surface area contributed by atoms with Crippen LogP contribution in [-0.4, -0.2) is 37.3 Å². The molecule has 1 fully saturated rings. The summed E-state index contributed by atoms with van der Waals surface area (Å²) in [5.41, 5.74) is -0.681. The predicted molar refractivity (Wildman–Crippen MR) is 97.7 cm³/mol. The van der Waals surface area contributed by atoms with Gasteiger partial charge >= 0.3 is 16.4 Å². The Balaban J connectivity index is 1.82. The molecule has 0 atom stereocenters. The number of hydrazine groups is 1. The summed E-state index contributed by atoms with van der Waals surface area (Å²) in [5.74, 6) is -2.55. The van der Waals surface area contributed by atoms with Crippen molar-refractivity contribution in [3.05, 3.63) is 36.2 Å². The second kappa shape index (κ2) is 6.89. The van der Waals surface area contributed by atoms with Crippen LogP contribution in [0.4, 0.5) is 32.6 Å². The molecule has 8 nitrogen and oxygen atoms in total. The Morgan fingerprint density at radius 1 is 1.09 bits per heavy atom. The van der Waals surface area contributed by atoms with Crippen molar-refractivity contribution in [2.75, 3.05) is 0 Å². The molecule has 3 N–H and O–H groups in total. The van der Waals surface area contributed by atoms with Crippen molar-refractivity contribution in [3.8, 4) is 11.4 Å². The fourth-order valence-electron chi connectivity index (χ4n) is 2.36. The number of halogens is 8. The molecule has 1 aliphatic rings. The van der Waals surface area contributed by atoms with E-state index in [2.05, 4.69) is 10.1 Å². The largest absolute Gasteiger partial charge is 0.416 e. The molecule has 2 amide bonds. The van der Waals surface area contributed by atoms with Crippen LogP contribution in [0.3, 0.4) is 0 Å². The van der Waals surface area contributed by atoms with Crippen molar-refractivity contribution < 1.29 is 47.3 Å². The monoisotopic (exact) mass is 507 g/mol. The Hall–Kier alpha value is -3.21. The molecule has 0 spiro atoms. The van der Waals surface area contributed by atoms with Crippen LogP contribution in [0, 0.1) is 0 Å². The number of hydrogen-bond acceptors (Lipinski definition) is 5. The zero-order chi connectivity index (χ0) is 24.9. The maximum Gasteiger partial charge on any atom is 0.416 e. The quantitative estimate of drug-likeness (QED) is 0.325. The number of nitrogens with zero attached hydrogens (tertiary/aromatic N) is 3. The molecule has 0 saturated heterocycles. The molecule has 0 unspecified atom stereocenters. The molecule has 1 aromatic heterocycles. The van der Waals surface area contributed by atoms with Gasteiger partial charge in [-0.3, -0.25) is 20.4 Å². The van der Waals surface area contributed by atoms with E-state index < -0.39 is 61.7 Å². The average molecular weight is 507 g/mol. The van der Waals surface area contributed by atoms with E-state index in [0.29, 0.717) is 4.68 Å². The van der Waals surface area contributed by atoms with Gasteiger partial charge in [-0.25, -0.2) is 9.67 Å². The summed E-state index contributed by atoms with van der Waals surface area (Å²) in [6.07, 6.45) is -2.54. The minimum Gasteiger partial charge on any atom is -0.380 e. The van der Waals surface area contributed by atoms with Gasteiger partial charge in [-0.15, -0.1) is 5.10 Å². The standard InChI is InChI=1S/C16H13F8N5O3S/c17-16(18,19)10-5-9(6-11(7-10)33(20,21,22,23)24)13-25-8-29(28-13)4-1-12(30)26-27-14(31)15(32)2-3-15/h1,4-8,32H,2-3H2,(H,26,30)(H,27,31)/b4-1-. The Bertz CT molecular complexity index is 1160. The van der Waals surface area contributed by atoms with E-state index in [0.717, 1.165) is 18.6 Å². The van der Waals surface area contributed by atoms with Gasteiger partial charge in [-0.05, 0) is 31.0 Å². The van der Waals surface area contributed by atoms with Crippen molar-refractivity contribution in [2.45, 2.75) is 29.5 Å². The van der Waals surface area contributed by atoms with Crippen molar-refractivity contribution in [1.82, 2.24) is 25.6 Å². The van der Waals surface area contributed by atoms with Crippen molar-refractivity contribution in [2.24, 2.45) is 0 Å². The SMILES string of the molecule is O=C(/C=C\n1cnc(-c2cc(C(F)(F)F)cc(S(F)(F)(F)(F)F)c2)n1)NNC(=O)C1(O)CC1. The zero-order valence-electron chi connectivity index (χ0n) is 15.9. The molecule has 0 bridgehead atoms. The van der Waals surface area contributed by atoms with Crippen LogP contribution < -0.4 is 10.9 Å². The normalized spacial score (nSPS) is 17.8. The lowest BCUT2D eigenvalue weighted by molar-refractivity contribution is -0.137. The fourth-order valence-corrected chi connectivity index (χ4v) is 3.06. The zero-order valence-corrected chi connectivity index (χ0v) is 16.7. The van der Waals surface area contributed by atoms with E-state index in [4.69, 9.17) is 0 Å². The maximum absolute atomic E-state index is 13.1. The summed E-state index contributed by atoms with van der Waals surface area (Å²) in [6, 6.07) is -0.731. The topological polar surface area (TPSA) is 109 Å². The summed E-state index contributed by atoms with van der Waals surface area (Å²) < 4.78 is 105. The van der Waals surface area contributed by atoms with E-state index in [-0.39, 0.29) is 25.0 Å². The molecular weight excluding hydrogens is 494 g/mol. The van der Waals surface area contributed by atoms with Crippen molar-refractivity contribution >= 4 is 28.2 Å². The summed E-state index contributed by atoms with van der Waals surface area (Å²) in [7, 11) is -10.5. The van der Waals surface area contributed by atoms with E-state index in [1.807, 2.05) is 10.9 Å². The third kappa shape index (κ3) is 5.98. The third-order valence-electron chi connectivity index (χ3n) is 4.27. The van der Waals surface area contributed by atoms with Gasteiger partial charge in [0.25, 0.3) is 11.8 Å². The van der Waals surface area contributed by atoms with Crippen LogP contribution in [0.15, 0.2) is 35.5 Å². The summed E-state index contributed by atoms with van der Waals surface area (Å²) in [4.78, 5) is 23.8. The van der Waals surface area contributed by atoms with Gasteiger partial charge in [0.1, 0.15) is 16.8 Å². The number of rotatable bonds is 5. The van der Waals surface area contributed by atoms with Gasteiger partial charge in [-0.2, -0.15) is 13.2 Å². The highest BCUT2D eigenvalue weighted by Gasteiger charge is 2.66. The third-order valence-corrected chi connectivity index (χ3v) is 5.40. The lowest BCUT2D eigenvalue weighted by Crippen LogP contribution is -2.46. The fraction of sp³-hybridized carbons (Fsp3) is 0.250. The van der Waals surface area contributed by atoms with Gasteiger partial charge in [0.2, 0.25) is 0 Å². The number of carbonyl (C=O) groups is 2. The first-order valence-corrected chi connectivity index (χ1v) is 10.6. The Morgan fingerprint density at radius 2 is 1.73 bits per heavy atom. The van der Waals surface area contributed by atoms with Gasteiger partial charge in [0.15, 0.2) is 5.82 Å². The minimum absolute atomic E-state index is 0.168. The Morgan fingerprint density at radius 3 is 2.27 bits per heavy atom. The Labute approximate surface area is 179 Å². The molecule has 1 aliphatic carbocycles. The molecule has 2 aromatic rings. The molecule has 1 saturated carbocycles. The molecule has 0 aliphatic heterocycles. The second-order valence-electron chi connectivity index (χ2n) is 7.05. The maximum atomic E-state index is 13.1. The summed E-state index contributed by atoms with van der Waals surface area (Å²) >= 11 is 0. The number of benzene rings is 1. The van der Waals surface area contributed by atoms with Crippen LogP contribution >= 0.6 is 10.2 Å². The molecule has 1 heterocycles. The van der Waals surface area contributed by atoms with Gasteiger partial charge in [0.05, 0.1) is 5.56 Å². The number of alkyl halides is 3. The highest BCUT2D eigenvalue weighted by atomic mass is 32.5. The van der Waals surface area contributed by atoms with Gasteiger partial charge < -0.3 is 5.11 Å². The first-order chi connectivity index (χ1) is 14.8.